The minimum absolute atomic E-state index is 0.483. The van der Waals surface area contributed by atoms with E-state index in [4.69, 9.17) is 0 Å². The van der Waals surface area contributed by atoms with Crippen molar-refractivity contribution in [1.82, 2.24) is 0 Å². The number of carboxylic acids is 1. The second-order valence-corrected chi connectivity index (χ2v) is 7.72. The van der Waals surface area contributed by atoms with Gasteiger partial charge in [-0.3, -0.25) is 4.79 Å². The number of carboxylic acid groups (broad SMARTS) is 1. The highest BCUT2D eigenvalue weighted by molar-refractivity contribution is 14.2. The Morgan fingerprint density at radius 3 is 2.77 bits per heavy atom. The fourth-order valence-electron chi connectivity index (χ4n) is 2.44. The molecule has 0 heterocycles. The van der Waals surface area contributed by atoms with Crippen molar-refractivity contribution >= 4 is 36.1 Å². The number of benzene rings is 1. The van der Waals surface area contributed by atoms with E-state index in [2.05, 4.69) is 39.3 Å². The summed E-state index contributed by atoms with van der Waals surface area (Å²) in [6, 6.07) is 7.85. The lowest BCUT2D eigenvalue weighted by Crippen LogP contribution is -2.33. The van der Waals surface area contributed by atoms with Gasteiger partial charge in [-0.2, -0.15) is 0 Å². The molecule has 4 heteroatoms. The molecular formula is C18H23IO2S. The van der Waals surface area contributed by atoms with Gasteiger partial charge in [-0.25, -0.2) is 0 Å². The third-order valence-electron chi connectivity index (χ3n) is 4.14. The molecular weight excluding hydrogens is 407 g/mol. The Bertz CT molecular complexity index is 562. The topological polar surface area (TPSA) is 37.3 Å². The Balaban J connectivity index is 2.70. The second-order valence-electron chi connectivity index (χ2n) is 6.05. The Morgan fingerprint density at radius 1 is 1.45 bits per heavy atom. The highest BCUT2D eigenvalue weighted by atomic mass is 127. The molecule has 0 saturated carbocycles. The van der Waals surface area contributed by atoms with Gasteiger partial charge in [0.25, 0.3) is 0 Å². The van der Waals surface area contributed by atoms with Gasteiger partial charge in [0.05, 0.1) is 5.41 Å². The normalized spacial score (nSPS) is 14.5. The van der Waals surface area contributed by atoms with Gasteiger partial charge in [-0.1, -0.05) is 42.7 Å². The van der Waals surface area contributed by atoms with Crippen LogP contribution in [0.25, 0.3) is 0 Å². The first-order valence-corrected chi connectivity index (χ1v) is 10.8. The zero-order chi connectivity index (χ0) is 16.6. The maximum absolute atomic E-state index is 11.8. The first-order chi connectivity index (χ1) is 10.4. The summed E-state index contributed by atoms with van der Waals surface area (Å²) in [4.78, 5) is 11.8. The molecule has 2 atom stereocenters. The van der Waals surface area contributed by atoms with Crippen LogP contribution in [0.2, 0.25) is 0 Å². The molecule has 0 spiro atoms. The second kappa shape index (κ2) is 9.46. The molecule has 1 aromatic carbocycles. The van der Waals surface area contributed by atoms with Crippen LogP contribution in [0.15, 0.2) is 24.3 Å². The van der Waals surface area contributed by atoms with Crippen LogP contribution in [0.1, 0.15) is 50.7 Å². The molecule has 0 bridgehead atoms. The molecule has 1 N–H and O–H groups in total. The molecule has 0 saturated heterocycles. The molecule has 0 aliphatic heterocycles. The maximum Gasteiger partial charge on any atom is 0.313 e. The van der Waals surface area contributed by atoms with E-state index in [0.29, 0.717) is 12.3 Å². The number of hydrogen-bond donors (Lipinski definition) is 1. The van der Waals surface area contributed by atoms with E-state index < -0.39 is 11.4 Å². The number of halogens is 1. The molecule has 0 radical (unpaired) electrons. The summed E-state index contributed by atoms with van der Waals surface area (Å²) in [5, 5.41) is 12.7. The number of aliphatic carboxylic acids is 1. The zero-order valence-corrected chi connectivity index (χ0v) is 16.3. The molecule has 2 unspecified atom stereocenters. The van der Waals surface area contributed by atoms with Crippen molar-refractivity contribution < 1.29 is 9.90 Å². The van der Waals surface area contributed by atoms with Gasteiger partial charge in [0.1, 0.15) is 0 Å². The van der Waals surface area contributed by atoms with Gasteiger partial charge in [0.2, 0.25) is 0 Å². The lowest BCUT2D eigenvalue weighted by molar-refractivity contribution is -0.143. The van der Waals surface area contributed by atoms with Crippen LogP contribution in [0.3, 0.4) is 0 Å². The first kappa shape index (κ1) is 19.4. The van der Waals surface area contributed by atoms with E-state index in [0.717, 1.165) is 30.4 Å². The van der Waals surface area contributed by atoms with Gasteiger partial charge >= 0.3 is 5.97 Å². The third-order valence-corrected chi connectivity index (χ3v) is 5.02. The van der Waals surface area contributed by atoms with Crippen LogP contribution in [0.4, 0.5) is 0 Å². The number of rotatable bonds is 7. The van der Waals surface area contributed by atoms with Crippen LogP contribution < -0.4 is 0 Å². The molecule has 0 amide bonds. The zero-order valence-electron chi connectivity index (χ0n) is 13.4. The fraction of sp³-hybridized carbons (Fsp3) is 0.500. The summed E-state index contributed by atoms with van der Waals surface area (Å²) in [5.41, 5.74) is 1.18. The van der Waals surface area contributed by atoms with Crippen LogP contribution in [0.5, 0.6) is 0 Å². The van der Waals surface area contributed by atoms with Gasteiger partial charge in [-0.15, -0.1) is 0 Å². The molecule has 2 nitrogen and oxygen atoms in total. The smallest absolute Gasteiger partial charge is 0.313 e. The number of carbonyl (C=O) groups is 1. The quantitative estimate of drug-likeness (QED) is 0.454. The number of aryl methyl sites for hydroxylation is 1. The highest BCUT2D eigenvalue weighted by Gasteiger charge is 2.35. The maximum atomic E-state index is 11.8. The van der Waals surface area contributed by atoms with Crippen molar-refractivity contribution in [3.05, 3.63) is 35.4 Å². The van der Waals surface area contributed by atoms with E-state index in [1.807, 2.05) is 38.1 Å². The molecule has 1 aromatic rings. The predicted octanol–water partition coefficient (Wildman–Crippen LogP) is 5.58. The average molecular weight is 430 g/mol. The van der Waals surface area contributed by atoms with Crippen molar-refractivity contribution in [2.24, 2.45) is 5.92 Å². The highest BCUT2D eigenvalue weighted by Crippen LogP contribution is 2.32. The summed E-state index contributed by atoms with van der Waals surface area (Å²) in [6.07, 6.45) is 3.45. The van der Waals surface area contributed by atoms with Gasteiger partial charge < -0.3 is 5.11 Å². The van der Waals surface area contributed by atoms with Crippen molar-refractivity contribution in [2.75, 3.05) is 0 Å². The van der Waals surface area contributed by atoms with Crippen LogP contribution in [-0.4, -0.2) is 11.1 Å². The fourth-order valence-corrected chi connectivity index (χ4v) is 3.06. The summed E-state index contributed by atoms with van der Waals surface area (Å²) in [6.45, 7) is 6.01. The first-order valence-electron chi connectivity index (χ1n) is 7.46. The summed E-state index contributed by atoms with van der Waals surface area (Å²) < 4.78 is 0. The number of hydrogen-bond acceptors (Lipinski definition) is 2. The molecule has 22 heavy (non-hydrogen) atoms. The van der Waals surface area contributed by atoms with Crippen molar-refractivity contribution in [3.63, 3.8) is 0 Å². The minimum Gasteiger partial charge on any atom is -0.481 e. The third kappa shape index (κ3) is 5.85. The molecule has 0 aliphatic rings. The molecule has 1 rings (SSSR count). The van der Waals surface area contributed by atoms with Crippen molar-refractivity contribution in [3.8, 4) is 11.2 Å². The monoisotopic (exact) mass is 430 g/mol. The molecule has 0 aromatic heterocycles. The van der Waals surface area contributed by atoms with E-state index in [9.17, 15) is 9.90 Å². The lowest BCUT2D eigenvalue weighted by Gasteiger charge is -2.27. The van der Waals surface area contributed by atoms with Crippen molar-refractivity contribution in [1.29, 1.82) is 0 Å². The minimum atomic E-state index is -0.815. The van der Waals surface area contributed by atoms with E-state index in [1.54, 1.807) is 0 Å². The summed E-state index contributed by atoms with van der Waals surface area (Å²) in [5.74, 6) is 2.85. The van der Waals surface area contributed by atoms with Crippen LogP contribution in [0, 0.1) is 24.0 Å². The Morgan fingerprint density at radius 2 is 2.18 bits per heavy atom. The SMILES string of the molecule is Cc1cccc(C(C)(CCC(C)CCC#CSI)C(=O)O)c1. The van der Waals surface area contributed by atoms with E-state index >= 15 is 0 Å². The largest absolute Gasteiger partial charge is 0.481 e. The van der Waals surface area contributed by atoms with Gasteiger partial charge in [-0.05, 0) is 58.8 Å². The van der Waals surface area contributed by atoms with Crippen LogP contribution in [-0.2, 0) is 10.2 Å². The molecule has 0 fully saturated rings. The van der Waals surface area contributed by atoms with Crippen molar-refractivity contribution in [2.45, 2.75) is 51.9 Å². The Labute approximate surface area is 150 Å². The summed E-state index contributed by atoms with van der Waals surface area (Å²) in [7, 11) is 1.50. The van der Waals surface area contributed by atoms with Crippen LogP contribution >= 0.6 is 30.1 Å². The Kier molecular flexibility index (Phi) is 8.34. The summed E-state index contributed by atoms with van der Waals surface area (Å²) >= 11 is 2.17. The Hall–Kier alpha value is -0.670. The molecule has 0 aliphatic carbocycles. The predicted molar refractivity (Wildman–Crippen MR) is 103 cm³/mol. The van der Waals surface area contributed by atoms with E-state index in [1.165, 1.54) is 8.93 Å². The van der Waals surface area contributed by atoms with E-state index in [-0.39, 0.29) is 0 Å². The average Bonchev–Trinajstić information content (AvgIpc) is 2.49. The lowest BCUT2D eigenvalue weighted by atomic mass is 9.76. The molecule has 120 valence electrons. The van der Waals surface area contributed by atoms with Gasteiger partial charge in [0.15, 0.2) is 0 Å². The van der Waals surface area contributed by atoms with Gasteiger partial charge in [0, 0.05) is 27.6 Å². The standard InChI is InChI=1S/C18H23IO2S/c1-14(7-4-5-12-22-19)10-11-18(3,17(20)21)16-9-6-8-15(2)13-16/h6,8-9,13-14H,4,7,10-11H2,1-3H3,(H,20,21).